The Morgan fingerprint density at radius 3 is 2.17 bits per heavy atom. The van der Waals surface area contributed by atoms with Crippen LogP contribution in [0, 0.1) is 5.41 Å². The van der Waals surface area contributed by atoms with Crippen molar-refractivity contribution in [2.45, 2.75) is 13.3 Å². The number of hydrogen-bond donors (Lipinski definition) is 2. The molecule has 0 atom stereocenters. The lowest BCUT2D eigenvalue weighted by molar-refractivity contribution is -0.158. The molecule has 0 aromatic carbocycles. The molecule has 0 radical (unpaired) electrons. The highest BCUT2D eigenvalue weighted by atomic mass is 16.4. The van der Waals surface area contributed by atoms with Crippen molar-refractivity contribution in [1.82, 2.24) is 4.90 Å². The van der Waals surface area contributed by atoms with Gasteiger partial charge in [-0.15, -0.1) is 0 Å². The maximum absolute atomic E-state index is 10.7. The summed E-state index contributed by atoms with van der Waals surface area (Å²) in [6.07, 6.45) is -0.563. The Morgan fingerprint density at radius 1 is 1.42 bits per heavy atom. The maximum atomic E-state index is 10.7. The fraction of sp³-hybridized carbons (Fsp3) is 0.714. The van der Waals surface area contributed by atoms with Crippen molar-refractivity contribution in [3.8, 4) is 0 Å². The first kappa shape index (κ1) is 8.83. The molecule has 1 fully saturated rings. The van der Waals surface area contributed by atoms with Gasteiger partial charge in [0.05, 0.1) is 0 Å². The lowest BCUT2D eigenvalue weighted by Gasteiger charge is -2.44. The number of carbonyl (C=O) groups is 2. The second kappa shape index (κ2) is 2.66. The predicted molar refractivity (Wildman–Crippen MR) is 40.0 cm³/mol. The first-order chi connectivity index (χ1) is 5.52. The minimum Gasteiger partial charge on any atom is -0.481 e. The molecule has 5 nitrogen and oxygen atoms in total. The molecule has 68 valence electrons. The molecule has 0 unspecified atom stereocenters. The molecule has 0 aromatic heterocycles. The Hall–Kier alpha value is -1.26. The van der Waals surface area contributed by atoms with Crippen molar-refractivity contribution in [2.24, 2.45) is 5.41 Å². The van der Waals surface area contributed by atoms with Crippen molar-refractivity contribution >= 4 is 12.1 Å². The van der Waals surface area contributed by atoms with Gasteiger partial charge >= 0.3 is 12.1 Å². The van der Waals surface area contributed by atoms with E-state index in [4.69, 9.17) is 10.2 Å². The fourth-order valence-corrected chi connectivity index (χ4v) is 1.33. The third kappa shape index (κ3) is 1.11. The van der Waals surface area contributed by atoms with Crippen LogP contribution in [0.25, 0.3) is 0 Å². The molecule has 1 aliphatic rings. The number of carboxylic acid groups (broad SMARTS) is 2. The molecule has 0 spiro atoms. The summed E-state index contributed by atoms with van der Waals surface area (Å²) in [5, 5.41) is 17.2. The second-order valence-electron chi connectivity index (χ2n) is 3.08. The summed E-state index contributed by atoms with van der Waals surface area (Å²) in [7, 11) is 0. The van der Waals surface area contributed by atoms with Crippen LogP contribution in [0.2, 0.25) is 0 Å². The first-order valence-corrected chi connectivity index (χ1v) is 3.73. The summed E-state index contributed by atoms with van der Waals surface area (Å²) in [5.74, 6) is -0.900. The Labute approximate surface area is 69.6 Å². The molecule has 5 heteroatoms. The number of likely N-dealkylation sites (tertiary alicyclic amines) is 1. The van der Waals surface area contributed by atoms with E-state index >= 15 is 0 Å². The van der Waals surface area contributed by atoms with Crippen LogP contribution in [0.1, 0.15) is 13.3 Å². The van der Waals surface area contributed by atoms with Gasteiger partial charge in [-0.05, 0) is 6.42 Å². The predicted octanol–water partition coefficient (Wildman–Crippen LogP) is 0.461. The van der Waals surface area contributed by atoms with Gasteiger partial charge in [0.25, 0.3) is 0 Å². The molecule has 1 saturated heterocycles. The molecule has 1 heterocycles. The van der Waals surface area contributed by atoms with E-state index in [1.54, 1.807) is 6.92 Å². The zero-order valence-corrected chi connectivity index (χ0v) is 6.78. The molecule has 12 heavy (non-hydrogen) atoms. The molecular formula is C7H11NO4. The van der Waals surface area contributed by atoms with E-state index in [2.05, 4.69) is 0 Å². The third-order valence-electron chi connectivity index (χ3n) is 2.39. The van der Waals surface area contributed by atoms with Gasteiger partial charge in [-0.1, -0.05) is 6.92 Å². The summed E-state index contributed by atoms with van der Waals surface area (Å²) in [6.45, 7) is 2.00. The number of carboxylic acids is 1. The van der Waals surface area contributed by atoms with E-state index in [0.29, 0.717) is 6.42 Å². The van der Waals surface area contributed by atoms with Crippen LogP contribution < -0.4 is 0 Å². The number of amides is 1. The molecule has 2 N–H and O–H groups in total. The van der Waals surface area contributed by atoms with Crippen molar-refractivity contribution in [2.75, 3.05) is 13.1 Å². The maximum Gasteiger partial charge on any atom is 0.407 e. The molecule has 1 aliphatic heterocycles. The number of hydrogen-bond acceptors (Lipinski definition) is 2. The van der Waals surface area contributed by atoms with Crippen molar-refractivity contribution in [3.63, 3.8) is 0 Å². The molecular weight excluding hydrogens is 162 g/mol. The third-order valence-corrected chi connectivity index (χ3v) is 2.39. The van der Waals surface area contributed by atoms with E-state index < -0.39 is 17.5 Å². The molecule has 0 bridgehead atoms. The van der Waals surface area contributed by atoms with E-state index in [9.17, 15) is 9.59 Å². The number of aliphatic carboxylic acids is 1. The van der Waals surface area contributed by atoms with Crippen molar-refractivity contribution in [3.05, 3.63) is 0 Å². The van der Waals surface area contributed by atoms with Crippen molar-refractivity contribution in [1.29, 1.82) is 0 Å². The zero-order valence-electron chi connectivity index (χ0n) is 6.78. The number of nitrogens with zero attached hydrogens (tertiary/aromatic N) is 1. The van der Waals surface area contributed by atoms with Crippen molar-refractivity contribution < 1.29 is 19.8 Å². The highest BCUT2D eigenvalue weighted by Crippen LogP contribution is 2.33. The van der Waals surface area contributed by atoms with Gasteiger partial charge in [0.2, 0.25) is 0 Å². The quantitative estimate of drug-likeness (QED) is 0.635. The van der Waals surface area contributed by atoms with Gasteiger partial charge < -0.3 is 15.1 Å². The molecule has 1 amide bonds. The van der Waals surface area contributed by atoms with Crippen LogP contribution in [-0.4, -0.2) is 40.3 Å². The highest BCUT2D eigenvalue weighted by Gasteiger charge is 2.50. The van der Waals surface area contributed by atoms with E-state index in [1.807, 2.05) is 0 Å². The van der Waals surface area contributed by atoms with Crippen LogP contribution >= 0.6 is 0 Å². The average molecular weight is 173 g/mol. The number of rotatable bonds is 2. The summed E-state index contributed by atoms with van der Waals surface area (Å²) >= 11 is 0. The smallest absolute Gasteiger partial charge is 0.407 e. The SMILES string of the molecule is CCC1(C(=O)O)CN(C(=O)O)C1. The first-order valence-electron chi connectivity index (χ1n) is 3.73. The Balaban J connectivity index is 2.58. The zero-order chi connectivity index (χ0) is 9.35. The van der Waals surface area contributed by atoms with Crippen LogP contribution in [0.15, 0.2) is 0 Å². The summed E-state index contributed by atoms with van der Waals surface area (Å²) in [4.78, 5) is 22.1. The van der Waals surface area contributed by atoms with Gasteiger partial charge in [-0.25, -0.2) is 4.79 Å². The highest BCUT2D eigenvalue weighted by molar-refractivity contribution is 5.79. The topological polar surface area (TPSA) is 77.8 Å². The molecule has 0 aliphatic carbocycles. The van der Waals surface area contributed by atoms with Gasteiger partial charge in [-0.3, -0.25) is 4.79 Å². The minimum absolute atomic E-state index is 0.119. The summed E-state index contributed by atoms with van der Waals surface area (Å²) < 4.78 is 0. The molecule has 1 rings (SSSR count). The van der Waals surface area contributed by atoms with E-state index in [1.165, 1.54) is 0 Å². The minimum atomic E-state index is -1.04. The monoisotopic (exact) mass is 173 g/mol. The Kier molecular flexibility index (Phi) is 1.95. The van der Waals surface area contributed by atoms with Gasteiger partial charge in [0.1, 0.15) is 5.41 Å². The Morgan fingerprint density at radius 2 is 1.92 bits per heavy atom. The largest absolute Gasteiger partial charge is 0.481 e. The molecule has 0 aromatic rings. The van der Waals surface area contributed by atoms with Crippen LogP contribution in [-0.2, 0) is 4.79 Å². The fourth-order valence-electron chi connectivity index (χ4n) is 1.33. The van der Waals surface area contributed by atoms with Crippen LogP contribution in [0.5, 0.6) is 0 Å². The lowest BCUT2D eigenvalue weighted by atomic mass is 9.78. The average Bonchev–Trinajstić information content (AvgIpc) is 1.84. The van der Waals surface area contributed by atoms with Crippen LogP contribution in [0.3, 0.4) is 0 Å². The summed E-state index contributed by atoms with van der Waals surface area (Å²) in [6, 6.07) is 0. The summed E-state index contributed by atoms with van der Waals surface area (Å²) in [5.41, 5.74) is -0.821. The standard InChI is InChI=1S/C7H11NO4/c1-2-7(5(9)10)3-8(4-7)6(11)12/h2-4H2,1H3,(H,9,10)(H,11,12). The van der Waals surface area contributed by atoms with Gasteiger partial charge in [0, 0.05) is 13.1 Å². The lowest BCUT2D eigenvalue weighted by Crippen LogP contribution is -2.61. The van der Waals surface area contributed by atoms with Gasteiger partial charge in [0.15, 0.2) is 0 Å². The Bertz CT molecular complexity index is 219. The van der Waals surface area contributed by atoms with Gasteiger partial charge in [-0.2, -0.15) is 0 Å². The molecule has 0 saturated carbocycles. The normalized spacial score (nSPS) is 19.9. The van der Waals surface area contributed by atoms with Crippen LogP contribution in [0.4, 0.5) is 4.79 Å². The van der Waals surface area contributed by atoms with E-state index in [0.717, 1.165) is 4.90 Å². The second-order valence-corrected chi connectivity index (χ2v) is 3.08. The van der Waals surface area contributed by atoms with E-state index in [-0.39, 0.29) is 13.1 Å².